The number of ether oxygens (including phenoxy) is 2. The molecule has 4 N–H and O–H groups in total. The Balaban J connectivity index is 2.03. The molecule has 1 saturated heterocycles. The van der Waals surface area contributed by atoms with Crippen LogP contribution in [0.2, 0.25) is 0 Å². The third-order valence-corrected chi connectivity index (χ3v) is 3.73. The van der Waals surface area contributed by atoms with Crippen LogP contribution in [0, 0.1) is 0 Å². The molecule has 0 spiro atoms. The first kappa shape index (κ1) is 22.6. The van der Waals surface area contributed by atoms with Crippen molar-refractivity contribution < 1.29 is 24.2 Å². The van der Waals surface area contributed by atoms with Gasteiger partial charge >= 0.3 is 12.2 Å². The van der Waals surface area contributed by atoms with Gasteiger partial charge in [0.1, 0.15) is 11.2 Å². The second kappa shape index (κ2) is 8.77. The van der Waals surface area contributed by atoms with Crippen LogP contribution in [0.4, 0.5) is 21.0 Å². The van der Waals surface area contributed by atoms with Crippen molar-refractivity contribution in [2.24, 2.45) is 0 Å². The number of nitrogens with zero attached hydrogens (tertiary/aromatic N) is 1. The van der Waals surface area contributed by atoms with Crippen molar-refractivity contribution in [2.75, 3.05) is 23.3 Å². The van der Waals surface area contributed by atoms with Crippen molar-refractivity contribution in [2.45, 2.75) is 65.1 Å². The maximum absolute atomic E-state index is 12.2. The van der Waals surface area contributed by atoms with Crippen molar-refractivity contribution in [1.82, 2.24) is 10.6 Å². The molecule has 0 atom stereocenters. The molecule has 1 heterocycles. The lowest BCUT2D eigenvalue weighted by atomic mass is 10.1. The molecule has 1 fully saturated rings. The van der Waals surface area contributed by atoms with Crippen LogP contribution in [0.25, 0.3) is 0 Å². The number of hydrogen-bond acceptors (Lipinski definition) is 7. The Morgan fingerprint density at radius 1 is 0.966 bits per heavy atom. The number of alkyl carbamates (subject to hydrolysis) is 2. The monoisotopic (exact) mass is 408 g/mol. The summed E-state index contributed by atoms with van der Waals surface area (Å²) in [7, 11) is 0. The fraction of sp³-hybridized carbons (Fsp3) is 0.600. The highest BCUT2D eigenvalue weighted by Gasteiger charge is 2.25. The van der Waals surface area contributed by atoms with Gasteiger partial charge in [0.25, 0.3) is 0 Å². The van der Waals surface area contributed by atoms with E-state index in [0.29, 0.717) is 18.8 Å². The summed E-state index contributed by atoms with van der Waals surface area (Å²) in [6.07, 6.45) is -2.60. The molecular formula is C20H32N4O5. The molecule has 0 unspecified atom stereocenters. The topological polar surface area (TPSA) is 112 Å². The zero-order valence-corrected chi connectivity index (χ0v) is 17.9. The molecule has 2 amide bonds. The summed E-state index contributed by atoms with van der Waals surface area (Å²) in [5.74, 6) is 0. The third-order valence-electron chi connectivity index (χ3n) is 3.73. The summed E-state index contributed by atoms with van der Waals surface area (Å²) in [5.41, 5.74) is 0.304. The van der Waals surface area contributed by atoms with Gasteiger partial charge in [-0.05, 0) is 65.8 Å². The van der Waals surface area contributed by atoms with Gasteiger partial charge in [-0.25, -0.2) is 9.59 Å². The molecule has 0 bridgehead atoms. The summed E-state index contributed by atoms with van der Waals surface area (Å²) in [6, 6.07) is 7.43. The zero-order valence-electron chi connectivity index (χ0n) is 17.9. The molecule has 0 aliphatic carbocycles. The van der Waals surface area contributed by atoms with E-state index in [1.54, 1.807) is 41.5 Å². The van der Waals surface area contributed by atoms with E-state index in [1.165, 1.54) is 0 Å². The largest absolute Gasteiger partial charge is 0.444 e. The number of aliphatic hydroxyl groups is 1. The number of β-amino-alcohol motifs (C(OH)–C–C–N with tert-alkyl or cyclic N) is 1. The van der Waals surface area contributed by atoms with E-state index < -0.39 is 29.7 Å². The second-order valence-electron chi connectivity index (χ2n) is 8.98. The molecule has 1 aromatic carbocycles. The minimum atomic E-state index is -0.948. The number of anilines is 2. The Morgan fingerprint density at radius 3 is 1.79 bits per heavy atom. The molecule has 1 aliphatic rings. The smallest absolute Gasteiger partial charge is 0.410 e. The number of nitrogens with one attached hydrogen (secondary N) is 3. The number of aliphatic hydroxyl groups excluding tert-OH is 1. The van der Waals surface area contributed by atoms with E-state index in [4.69, 9.17) is 9.47 Å². The molecule has 29 heavy (non-hydrogen) atoms. The molecule has 0 saturated carbocycles. The fourth-order valence-corrected chi connectivity index (χ4v) is 2.56. The molecule has 2 rings (SSSR count). The van der Waals surface area contributed by atoms with E-state index in [0.717, 1.165) is 5.69 Å². The van der Waals surface area contributed by atoms with Crippen LogP contribution in [0.3, 0.4) is 0 Å². The average molecular weight is 408 g/mol. The minimum absolute atomic E-state index is 0.284. The molecule has 1 aromatic rings. The molecule has 9 heteroatoms. The quantitative estimate of drug-likeness (QED) is 0.554. The predicted octanol–water partition coefficient (Wildman–Crippen LogP) is 2.61. The summed E-state index contributed by atoms with van der Waals surface area (Å²) >= 11 is 0. The lowest BCUT2D eigenvalue weighted by Crippen LogP contribution is -2.54. The molecule has 0 aromatic heterocycles. The van der Waals surface area contributed by atoms with Gasteiger partial charge in [-0.1, -0.05) is 0 Å². The van der Waals surface area contributed by atoms with Gasteiger partial charge in [-0.3, -0.25) is 10.6 Å². The van der Waals surface area contributed by atoms with Crippen molar-refractivity contribution in [1.29, 1.82) is 0 Å². The van der Waals surface area contributed by atoms with Crippen molar-refractivity contribution in [3.05, 3.63) is 24.3 Å². The SMILES string of the molecule is CC(C)(C)OC(=O)NC(NC(=O)OC(C)(C)C)Nc1ccc(N2CC(O)C2)cc1. The van der Waals surface area contributed by atoms with Crippen LogP contribution < -0.4 is 20.9 Å². The van der Waals surface area contributed by atoms with Crippen LogP contribution in [0.1, 0.15) is 41.5 Å². The predicted molar refractivity (Wildman–Crippen MR) is 111 cm³/mol. The Labute approximate surface area is 171 Å². The molecule has 1 aliphatic heterocycles. The van der Waals surface area contributed by atoms with Gasteiger partial charge < -0.3 is 24.8 Å². The highest BCUT2D eigenvalue weighted by atomic mass is 16.6. The summed E-state index contributed by atoms with van der Waals surface area (Å²) < 4.78 is 10.5. The van der Waals surface area contributed by atoms with E-state index in [-0.39, 0.29) is 6.10 Å². The summed E-state index contributed by atoms with van der Waals surface area (Å²) in [4.78, 5) is 26.3. The van der Waals surface area contributed by atoms with Gasteiger partial charge in [-0.2, -0.15) is 0 Å². The number of benzene rings is 1. The maximum Gasteiger partial charge on any atom is 0.410 e. The minimum Gasteiger partial charge on any atom is -0.444 e. The average Bonchev–Trinajstić information content (AvgIpc) is 2.48. The van der Waals surface area contributed by atoms with Gasteiger partial charge in [0.05, 0.1) is 6.10 Å². The summed E-state index contributed by atoms with van der Waals surface area (Å²) in [6.45, 7) is 11.7. The first-order valence-electron chi connectivity index (χ1n) is 9.59. The van der Waals surface area contributed by atoms with Gasteiger partial charge in [0, 0.05) is 24.5 Å². The van der Waals surface area contributed by atoms with Crippen LogP contribution >= 0.6 is 0 Å². The van der Waals surface area contributed by atoms with Gasteiger partial charge in [-0.15, -0.1) is 0 Å². The number of amides is 2. The molecular weight excluding hydrogens is 376 g/mol. The Bertz CT molecular complexity index is 673. The fourth-order valence-electron chi connectivity index (χ4n) is 2.56. The number of carbonyl (C=O) groups is 2. The zero-order chi connectivity index (χ0) is 21.8. The number of hydrogen-bond donors (Lipinski definition) is 4. The van der Waals surface area contributed by atoms with Gasteiger partial charge in [0.2, 0.25) is 0 Å². The van der Waals surface area contributed by atoms with Crippen molar-refractivity contribution in [3.8, 4) is 0 Å². The highest BCUT2D eigenvalue weighted by molar-refractivity contribution is 5.72. The third kappa shape index (κ3) is 8.06. The lowest BCUT2D eigenvalue weighted by molar-refractivity contribution is 0.0439. The van der Waals surface area contributed by atoms with Crippen molar-refractivity contribution in [3.63, 3.8) is 0 Å². The van der Waals surface area contributed by atoms with Gasteiger partial charge in [0.15, 0.2) is 6.29 Å². The normalized spacial score (nSPS) is 14.8. The van der Waals surface area contributed by atoms with Crippen LogP contribution in [0.5, 0.6) is 0 Å². The highest BCUT2D eigenvalue weighted by Crippen LogP contribution is 2.23. The van der Waals surface area contributed by atoms with Crippen LogP contribution in [-0.4, -0.2) is 54.0 Å². The van der Waals surface area contributed by atoms with Crippen LogP contribution in [0.15, 0.2) is 24.3 Å². The molecule has 0 radical (unpaired) electrons. The van der Waals surface area contributed by atoms with E-state index >= 15 is 0 Å². The first-order valence-corrected chi connectivity index (χ1v) is 9.59. The molecule has 9 nitrogen and oxygen atoms in total. The van der Waals surface area contributed by atoms with Crippen LogP contribution in [-0.2, 0) is 9.47 Å². The van der Waals surface area contributed by atoms with E-state index in [2.05, 4.69) is 16.0 Å². The van der Waals surface area contributed by atoms with E-state index in [1.807, 2.05) is 29.2 Å². The number of rotatable bonds is 5. The second-order valence-corrected chi connectivity index (χ2v) is 8.98. The number of carbonyl (C=O) groups excluding carboxylic acids is 2. The maximum atomic E-state index is 12.2. The Hall–Kier alpha value is -2.68. The molecule has 162 valence electrons. The van der Waals surface area contributed by atoms with Crippen molar-refractivity contribution >= 4 is 23.6 Å². The van der Waals surface area contributed by atoms with E-state index in [9.17, 15) is 14.7 Å². The standard InChI is InChI=1S/C20H32N4O5/c1-19(2,3)28-17(26)22-16(23-18(27)29-20(4,5)6)21-13-7-9-14(10-8-13)24-11-15(25)12-24/h7-10,15-16,21,25H,11-12H2,1-6H3,(H,22,26)(H,23,27). The Morgan fingerprint density at radius 2 is 1.41 bits per heavy atom. The summed E-state index contributed by atoms with van der Waals surface area (Å²) in [5, 5.41) is 17.6. The first-order chi connectivity index (χ1) is 13.3. The lowest BCUT2D eigenvalue weighted by Gasteiger charge is -2.38. The Kier molecular flexibility index (Phi) is 6.84.